The Hall–Kier alpha value is -2.87. The molecule has 1 aliphatic carbocycles. The number of hydrogen-bond acceptors (Lipinski definition) is 5. The minimum Gasteiger partial charge on any atom is -0.462 e. The summed E-state index contributed by atoms with van der Waals surface area (Å²) in [5, 5.41) is 7.32. The minimum absolute atomic E-state index is 0.0583. The fraction of sp³-hybridized carbons (Fsp3) is 0.500. The lowest BCUT2D eigenvalue weighted by Crippen LogP contribution is -2.40. The molecule has 2 amide bonds. The van der Waals surface area contributed by atoms with Gasteiger partial charge in [-0.05, 0) is 57.4 Å². The largest absolute Gasteiger partial charge is 0.462 e. The van der Waals surface area contributed by atoms with E-state index in [1.54, 1.807) is 11.6 Å². The third kappa shape index (κ3) is 4.48. The number of carbonyl (C=O) groups is 2. The Kier molecular flexibility index (Phi) is 6.03. The highest BCUT2D eigenvalue weighted by molar-refractivity contribution is 5.91. The molecule has 1 N–H and O–H groups in total. The summed E-state index contributed by atoms with van der Waals surface area (Å²) in [6.45, 7) is 6.20. The fourth-order valence-corrected chi connectivity index (χ4v) is 3.75. The van der Waals surface area contributed by atoms with Crippen LogP contribution in [0.1, 0.15) is 42.2 Å². The standard InChI is InChI=1S/C22H28N4O4/c1-3-30-21(27)20-12-23-26(15(20)2)19-6-4-17(5-7-19)24-22(28)25(18-8-9-18)13-16-10-11-29-14-16/h4-7,12,16,18H,3,8-11,13-14H2,1-2H3,(H,24,28)/t16-/m1/s1. The van der Waals surface area contributed by atoms with Crippen LogP contribution < -0.4 is 5.32 Å². The maximum absolute atomic E-state index is 12.8. The molecule has 0 radical (unpaired) electrons. The first-order valence-corrected chi connectivity index (χ1v) is 10.5. The molecule has 160 valence electrons. The Morgan fingerprint density at radius 3 is 2.67 bits per heavy atom. The van der Waals surface area contributed by atoms with Gasteiger partial charge in [0.15, 0.2) is 0 Å². The van der Waals surface area contributed by atoms with Gasteiger partial charge in [-0.25, -0.2) is 14.3 Å². The van der Waals surface area contributed by atoms with Crippen LogP contribution in [0.2, 0.25) is 0 Å². The summed E-state index contributed by atoms with van der Waals surface area (Å²) in [7, 11) is 0. The Labute approximate surface area is 176 Å². The lowest BCUT2D eigenvalue weighted by Gasteiger charge is -2.25. The van der Waals surface area contributed by atoms with E-state index in [1.165, 1.54) is 6.20 Å². The van der Waals surface area contributed by atoms with E-state index in [2.05, 4.69) is 10.4 Å². The second-order valence-corrected chi connectivity index (χ2v) is 7.87. The van der Waals surface area contributed by atoms with Crippen LogP contribution >= 0.6 is 0 Å². The average Bonchev–Trinajstić information content (AvgIpc) is 3.30. The molecule has 0 spiro atoms. The lowest BCUT2D eigenvalue weighted by molar-refractivity contribution is 0.0525. The normalized spacial score (nSPS) is 18.3. The van der Waals surface area contributed by atoms with E-state index in [-0.39, 0.29) is 12.0 Å². The molecular formula is C22H28N4O4. The third-order valence-corrected chi connectivity index (χ3v) is 5.60. The summed E-state index contributed by atoms with van der Waals surface area (Å²) in [6, 6.07) is 7.73. The maximum Gasteiger partial charge on any atom is 0.341 e. The number of aromatic nitrogens is 2. The van der Waals surface area contributed by atoms with Gasteiger partial charge in [0.1, 0.15) is 5.56 Å². The molecule has 8 heteroatoms. The van der Waals surface area contributed by atoms with Gasteiger partial charge in [0.05, 0.1) is 30.8 Å². The van der Waals surface area contributed by atoms with Crippen molar-refractivity contribution < 1.29 is 19.1 Å². The van der Waals surface area contributed by atoms with Gasteiger partial charge in [0.2, 0.25) is 0 Å². The Bertz CT molecular complexity index is 898. The molecule has 1 saturated heterocycles. The van der Waals surface area contributed by atoms with Crippen molar-refractivity contribution in [2.75, 3.05) is 31.7 Å². The van der Waals surface area contributed by atoms with Crippen molar-refractivity contribution >= 4 is 17.7 Å². The van der Waals surface area contributed by atoms with E-state index in [0.717, 1.165) is 50.4 Å². The topological polar surface area (TPSA) is 85.7 Å². The van der Waals surface area contributed by atoms with E-state index in [9.17, 15) is 9.59 Å². The molecule has 2 heterocycles. The fourth-order valence-electron chi connectivity index (χ4n) is 3.75. The molecule has 0 unspecified atom stereocenters. The molecule has 8 nitrogen and oxygen atoms in total. The van der Waals surface area contributed by atoms with E-state index >= 15 is 0 Å². The summed E-state index contributed by atoms with van der Waals surface area (Å²) >= 11 is 0. The molecule has 0 bridgehead atoms. The number of hydrogen-bond donors (Lipinski definition) is 1. The van der Waals surface area contributed by atoms with Crippen LogP contribution in [-0.2, 0) is 9.47 Å². The van der Waals surface area contributed by atoms with Gasteiger partial charge >= 0.3 is 12.0 Å². The highest BCUT2D eigenvalue weighted by Crippen LogP contribution is 2.29. The molecular weight excluding hydrogens is 384 g/mol. The molecule has 1 aromatic carbocycles. The van der Waals surface area contributed by atoms with Crippen LogP contribution in [0.4, 0.5) is 10.5 Å². The van der Waals surface area contributed by atoms with Crippen molar-refractivity contribution in [3.05, 3.63) is 41.7 Å². The molecule has 2 fully saturated rings. The van der Waals surface area contributed by atoms with Crippen molar-refractivity contribution in [3.63, 3.8) is 0 Å². The zero-order chi connectivity index (χ0) is 21.1. The number of nitrogens with zero attached hydrogens (tertiary/aromatic N) is 3. The van der Waals surface area contributed by atoms with Gasteiger partial charge in [-0.15, -0.1) is 0 Å². The SMILES string of the molecule is CCOC(=O)c1cnn(-c2ccc(NC(=O)N(C[C@H]3CCOC3)C3CC3)cc2)c1C. The molecule has 1 aromatic heterocycles. The number of rotatable bonds is 7. The van der Waals surface area contributed by atoms with Crippen molar-refractivity contribution in [1.29, 1.82) is 0 Å². The summed E-state index contributed by atoms with van der Waals surface area (Å²) in [5.74, 6) is 0.0491. The molecule has 1 saturated carbocycles. The number of urea groups is 1. The van der Waals surface area contributed by atoms with Gasteiger partial charge in [-0.3, -0.25) is 0 Å². The van der Waals surface area contributed by atoms with Crippen LogP contribution in [0.5, 0.6) is 0 Å². The number of carbonyl (C=O) groups excluding carboxylic acids is 2. The zero-order valence-electron chi connectivity index (χ0n) is 17.5. The van der Waals surface area contributed by atoms with E-state index < -0.39 is 0 Å². The van der Waals surface area contributed by atoms with Crippen LogP contribution in [0.3, 0.4) is 0 Å². The van der Waals surface area contributed by atoms with E-state index in [0.29, 0.717) is 29.8 Å². The summed E-state index contributed by atoms with van der Waals surface area (Å²) in [5.41, 5.74) is 2.70. The summed E-state index contributed by atoms with van der Waals surface area (Å²) in [4.78, 5) is 26.8. The molecule has 1 atom stereocenters. The summed E-state index contributed by atoms with van der Waals surface area (Å²) in [6.07, 6.45) is 4.67. The monoisotopic (exact) mass is 412 g/mol. The van der Waals surface area contributed by atoms with Gasteiger partial charge in [-0.1, -0.05) is 0 Å². The van der Waals surface area contributed by atoms with Gasteiger partial charge in [-0.2, -0.15) is 5.10 Å². The third-order valence-electron chi connectivity index (χ3n) is 5.60. The number of anilines is 1. The van der Waals surface area contributed by atoms with Crippen LogP contribution in [-0.4, -0.2) is 59.1 Å². The number of amides is 2. The minimum atomic E-state index is -0.377. The number of ether oxygens (including phenoxy) is 2. The second-order valence-electron chi connectivity index (χ2n) is 7.87. The number of esters is 1. The molecule has 2 aromatic rings. The molecule has 4 rings (SSSR count). The van der Waals surface area contributed by atoms with E-state index in [1.807, 2.05) is 36.1 Å². The van der Waals surface area contributed by atoms with Crippen molar-refractivity contribution in [3.8, 4) is 5.69 Å². The number of benzene rings is 1. The predicted molar refractivity (Wildman–Crippen MR) is 112 cm³/mol. The lowest BCUT2D eigenvalue weighted by atomic mass is 10.1. The Balaban J connectivity index is 1.42. The highest BCUT2D eigenvalue weighted by atomic mass is 16.5. The van der Waals surface area contributed by atoms with Gasteiger partial charge in [0.25, 0.3) is 0 Å². The van der Waals surface area contributed by atoms with Gasteiger partial charge < -0.3 is 19.7 Å². The molecule has 30 heavy (non-hydrogen) atoms. The van der Waals surface area contributed by atoms with Crippen molar-refractivity contribution in [2.24, 2.45) is 5.92 Å². The maximum atomic E-state index is 12.8. The van der Waals surface area contributed by atoms with Crippen LogP contribution in [0.25, 0.3) is 5.69 Å². The first kappa shape index (κ1) is 20.4. The number of nitrogens with one attached hydrogen (secondary N) is 1. The molecule has 2 aliphatic rings. The molecule has 1 aliphatic heterocycles. The first-order valence-electron chi connectivity index (χ1n) is 10.5. The summed E-state index contributed by atoms with van der Waals surface area (Å²) < 4.78 is 12.2. The quantitative estimate of drug-likeness (QED) is 0.705. The smallest absolute Gasteiger partial charge is 0.341 e. The average molecular weight is 412 g/mol. The van der Waals surface area contributed by atoms with E-state index in [4.69, 9.17) is 9.47 Å². The van der Waals surface area contributed by atoms with Crippen molar-refractivity contribution in [1.82, 2.24) is 14.7 Å². The van der Waals surface area contributed by atoms with Crippen molar-refractivity contribution in [2.45, 2.75) is 39.2 Å². The van der Waals surface area contributed by atoms with Gasteiger partial charge in [0, 0.05) is 30.8 Å². The first-order chi connectivity index (χ1) is 14.6. The zero-order valence-corrected chi connectivity index (χ0v) is 17.5. The predicted octanol–water partition coefficient (Wildman–Crippen LogP) is 3.39. The second kappa shape index (κ2) is 8.87. The van der Waals surface area contributed by atoms with Crippen LogP contribution in [0, 0.1) is 12.8 Å². The van der Waals surface area contributed by atoms with Crippen LogP contribution in [0.15, 0.2) is 30.5 Å². The Morgan fingerprint density at radius 2 is 2.03 bits per heavy atom. The Morgan fingerprint density at radius 1 is 1.27 bits per heavy atom. The highest BCUT2D eigenvalue weighted by Gasteiger charge is 2.34.